The van der Waals surface area contributed by atoms with E-state index in [9.17, 15) is 13.2 Å². The molecular formula is C22H20Cl2N4O3S. The molecule has 0 aliphatic rings. The normalized spacial score (nSPS) is 11.7. The molecule has 1 amide bonds. The van der Waals surface area contributed by atoms with Crippen LogP contribution in [0.4, 0.5) is 11.6 Å². The van der Waals surface area contributed by atoms with Gasteiger partial charge in [0.05, 0.1) is 20.6 Å². The average Bonchev–Trinajstić information content (AvgIpc) is 2.75. The Bertz CT molecular complexity index is 1260. The maximum Gasteiger partial charge on any atom is 0.264 e. The fraction of sp³-hybridized carbons (Fsp3) is 0.136. The molecule has 1 heterocycles. The van der Waals surface area contributed by atoms with Gasteiger partial charge in [-0.15, -0.1) is 0 Å². The lowest BCUT2D eigenvalue weighted by atomic mass is 10.2. The highest BCUT2D eigenvalue weighted by Crippen LogP contribution is 2.23. The number of hydrogen-bond donors (Lipinski definition) is 2. The van der Waals surface area contributed by atoms with E-state index in [1.807, 2.05) is 0 Å². The number of nitrogens with zero attached hydrogens (tertiary/aromatic N) is 2. The van der Waals surface area contributed by atoms with Gasteiger partial charge in [-0.05, 0) is 54.1 Å². The smallest absolute Gasteiger partial charge is 0.264 e. The maximum atomic E-state index is 12.7. The van der Waals surface area contributed by atoms with Gasteiger partial charge in [0.25, 0.3) is 10.0 Å². The number of hydrogen-bond acceptors (Lipinski definition) is 5. The van der Waals surface area contributed by atoms with Gasteiger partial charge in [0, 0.05) is 17.8 Å². The van der Waals surface area contributed by atoms with Crippen LogP contribution in [-0.2, 0) is 14.8 Å². The summed E-state index contributed by atoms with van der Waals surface area (Å²) in [7, 11) is -3.91. The number of nitrogens with one attached hydrogen (secondary N) is 2. The second-order valence-electron chi connectivity index (χ2n) is 7.09. The third-order valence-corrected chi connectivity index (χ3v) is 6.33. The van der Waals surface area contributed by atoms with E-state index in [0.29, 0.717) is 21.4 Å². The van der Waals surface area contributed by atoms with Crippen LogP contribution >= 0.6 is 23.2 Å². The van der Waals surface area contributed by atoms with E-state index < -0.39 is 10.0 Å². The van der Waals surface area contributed by atoms with Crippen molar-refractivity contribution in [3.8, 4) is 0 Å². The third-order valence-electron chi connectivity index (χ3n) is 4.25. The predicted octanol–water partition coefficient (Wildman–Crippen LogP) is 5.35. The number of carbonyl (C=O) groups excluding carboxylic acids is 1. The minimum absolute atomic E-state index is 0.0143. The van der Waals surface area contributed by atoms with Crippen LogP contribution in [0.15, 0.2) is 59.6 Å². The summed E-state index contributed by atoms with van der Waals surface area (Å²) in [6, 6.07) is 12.7. The second kappa shape index (κ2) is 10.1. The number of anilines is 2. The maximum absolute atomic E-state index is 12.7. The molecule has 10 heteroatoms. The molecule has 166 valence electrons. The third kappa shape index (κ3) is 6.29. The molecule has 0 radical (unpaired) electrons. The summed E-state index contributed by atoms with van der Waals surface area (Å²) in [5.41, 5.74) is 1.81. The monoisotopic (exact) mass is 490 g/mol. The van der Waals surface area contributed by atoms with Crippen molar-refractivity contribution in [2.24, 2.45) is 5.92 Å². The van der Waals surface area contributed by atoms with E-state index in [1.54, 1.807) is 50.3 Å². The Hall–Kier alpha value is -2.94. The van der Waals surface area contributed by atoms with Gasteiger partial charge in [-0.25, -0.2) is 23.1 Å². The fourth-order valence-electron chi connectivity index (χ4n) is 2.50. The molecule has 0 bridgehead atoms. The van der Waals surface area contributed by atoms with Crippen molar-refractivity contribution >= 4 is 62.9 Å². The largest absolute Gasteiger partial charge is 0.326 e. The van der Waals surface area contributed by atoms with Crippen LogP contribution < -0.4 is 10.0 Å². The molecule has 2 N–H and O–H groups in total. The Morgan fingerprint density at radius 3 is 2.38 bits per heavy atom. The van der Waals surface area contributed by atoms with Crippen molar-refractivity contribution in [2.45, 2.75) is 18.7 Å². The lowest BCUT2D eigenvalue weighted by Crippen LogP contribution is -2.18. The van der Waals surface area contributed by atoms with Crippen LogP contribution in [0.2, 0.25) is 10.0 Å². The Kier molecular flexibility index (Phi) is 7.50. The quantitative estimate of drug-likeness (QED) is 0.464. The van der Waals surface area contributed by atoms with Crippen molar-refractivity contribution in [1.29, 1.82) is 0 Å². The number of amides is 1. The van der Waals surface area contributed by atoms with Crippen LogP contribution in [-0.4, -0.2) is 24.3 Å². The number of benzene rings is 2. The lowest BCUT2D eigenvalue weighted by molar-refractivity contribution is -0.118. The van der Waals surface area contributed by atoms with Crippen LogP contribution in [0.5, 0.6) is 0 Å². The van der Waals surface area contributed by atoms with Crippen molar-refractivity contribution in [3.63, 3.8) is 0 Å². The van der Waals surface area contributed by atoms with Crippen molar-refractivity contribution < 1.29 is 13.2 Å². The van der Waals surface area contributed by atoms with Crippen LogP contribution in [0.1, 0.15) is 25.1 Å². The minimum atomic E-state index is -3.91. The van der Waals surface area contributed by atoms with E-state index in [-0.39, 0.29) is 22.7 Å². The van der Waals surface area contributed by atoms with Gasteiger partial charge in [-0.1, -0.05) is 49.2 Å². The summed E-state index contributed by atoms with van der Waals surface area (Å²) in [5.74, 6) is -0.411. The summed E-state index contributed by atoms with van der Waals surface area (Å²) >= 11 is 11.9. The molecule has 3 aromatic rings. The van der Waals surface area contributed by atoms with Gasteiger partial charge in [0.15, 0.2) is 0 Å². The predicted molar refractivity (Wildman–Crippen MR) is 128 cm³/mol. The van der Waals surface area contributed by atoms with Gasteiger partial charge in [-0.2, -0.15) is 0 Å². The van der Waals surface area contributed by atoms with Gasteiger partial charge in [0.1, 0.15) is 0 Å². The van der Waals surface area contributed by atoms with Gasteiger partial charge in [0.2, 0.25) is 11.9 Å². The standard InChI is InChI=1S/C22H20Cl2N4O3S/c1-14(2)21(29)26-16-6-8-18(9-7-16)32(30,31)28-22-25-12-11-17(27-22)5-3-15-4-10-19(23)20(24)13-15/h3-14H,1-2H3,(H,26,29)(H,25,27,28). The molecule has 0 aliphatic heterocycles. The Morgan fingerprint density at radius 2 is 1.72 bits per heavy atom. The highest BCUT2D eigenvalue weighted by Gasteiger charge is 2.16. The zero-order valence-electron chi connectivity index (χ0n) is 17.2. The number of sulfonamides is 1. The summed E-state index contributed by atoms with van der Waals surface area (Å²) in [6.07, 6.45) is 4.92. The first-order chi connectivity index (χ1) is 15.1. The average molecular weight is 491 g/mol. The second-order valence-corrected chi connectivity index (χ2v) is 9.58. The zero-order valence-corrected chi connectivity index (χ0v) is 19.5. The molecule has 1 aromatic heterocycles. The zero-order chi connectivity index (χ0) is 23.3. The lowest BCUT2D eigenvalue weighted by Gasteiger charge is -2.10. The molecule has 32 heavy (non-hydrogen) atoms. The Balaban J connectivity index is 1.73. The first-order valence-electron chi connectivity index (χ1n) is 9.54. The molecule has 0 aliphatic carbocycles. The highest BCUT2D eigenvalue weighted by atomic mass is 35.5. The summed E-state index contributed by atoms with van der Waals surface area (Å²) in [4.78, 5) is 20.0. The molecule has 3 rings (SSSR count). The summed E-state index contributed by atoms with van der Waals surface area (Å²) < 4.78 is 27.7. The molecule has 0 unspecified atom stereocenters. The van der Waals surface area contributed by atoms with Crippen LogP contribution in [0.25, 0.3) is 12.2 Å². The molecular weight excluding hydrogens is 471 g/mol. The fourth-order valence-corrected chi connectivity index (χ4v) is 3.75. The SMILES string of the molecule is CC(C)C(=O)Nc1ccc(S(=O)(=O)Nc2nccc(C=Cc3ccc(Cl)c(Cl)c3)n2)cc1. The van der Waals surface area contributed by atoms with Crippen molar-refractivity contribution in [2.75, 3.05) is 10.0 Å². The summed E-state index contributed by atoms with van der Waals surface area (Å²) in [5, 5.41) is 3.60. The minimum Gasteiger partial charge on any atom is -0.326 e. The van der Waals surface area contributed by atoms with E-state index in [2.05, 4.69) is 20.0 Å². The highest BCUT2D eigenvalue weighted by molar-refractivity contribution is 7.92. The molecule has 7 nitrogen and oxygen atoms in total. The topological polar surface area (TPSA) is 101 Å². The van der Waals surface area contributed by atoms with Crippen molar-refractivity contribution in [3.05, 3.63) is 76.0 Å². The van der Waals surface area contributed by atoms with Gasteiger partial charge < -0.3 is 5.32 Å². The molecule has 0 saturated heterocycles. The number of carbonyl (C=O) groups is 1. The van der Waals surface area contributed by atoms with Gasteiger partial charge in [-0.3, -0.25) is 4.79 Å². The van der Waals surface area contributed by atoms with Crippen LogP contribution in [0, 0.1) is 5.92 Å². The van der Waals surface area contributed by atoms with Gasteiger partial charge >= 0.3 is 0 Å². The molecule has 0 saturated carbocycles. The number of halogens is 2. The van der Waals surface area contributed by atoms with E-state index in [1.165, 1.54) is 30.5 Å². The molecule has 2 aromatic carbocycles. The Morgan fingerprint density at radius 1 is 1.00 bits per heavy atom. The van der Waals surface area contributed by atoms with E-state index in [4.69, 9.17) is 23.2 Å². The van der Waals surface area contributed by atoms with E-state index >= 15 is 0 Å². The number of rotatable bonds is 7. The number of aromatic nitrogens is 2. The molecule has 0 spiro atoms. The molecule has 0 fully saturated rings. The first kappa shape index (κ1) is 23.7. The van der Waals surface area contributed by atoms with Crippen LogP contribution in [0.3, 0.4) is 0 Å². The Labute approximate surface area is 196 Å². The van der Waals surface area contributed by atoms with Crippen molar-refractivity contribution in [1.82, 2.24) is 9.97 Å². The summed E-state index contributed by atoms with van der Waals surface area (Å²) in [6.45, 7) is 3.54. The first-order valence-corrected chi connectivity index (χ1v) is 11.8. The molecule has 0 atom stereocenters. The van der Waals surface area contributed by atoms with E-state index in [0.717, 1.165) is 5.56 Å².